The van der Waals surface area contributed by atoms with Gasteiger partial charge in [0.05, 0.1) is 0 Å². The lowest BCUT2D eigenvalue weighted by Gasteiger charge is -2.13. The van der Waals surface area contributed by atoms with Gasteiger partial charge in [-0.3, -0.25) is 0 Å². The van der Waals surface area contributed by atoms with E-state index in [1.165, 1.54) is 5.56 Å². The molecule has 2 aromatic carbocycles. The van der Waals surface area contributed by atoms with Crippen LogP contribution in [0.2, 0.25) is 5.02 Å². The van der Waals surface area contributed by atoms with Crippen LogP contribution in [0.1, 0.15) is 24.5 Å². The maximum absolute atomic E-state index is 6.13. The summed E-state index contributed by atoms with van der Waals surface area (Å²) in [6, 6.07) is 13.9. The molecule has 0 aliphatic heterocycles. The van der Waals surface area contributed by atoms with E-state index in [0.717, 1.165) is 33.6 Å². The summed E-state index contributed by atoms with van der Waals surface area (Å²) in [5.41, 5.74) is 8.18. The van der Waals surface area contributed by atoms with Crippen LogP contribution < -0.4 is 10.5 Å². The highest BCUT2D eigenvalue weighted by Crippen LogP contribution is 2.25. The van der Waals surface area contributed by atoms with Crippen LogP contribution in [0, 0.1) is 0 Å². The molecule has 0 radical (unpaired) electrons. The Labute approximate surface area is 139 Å². The molecular weight excluding hydrogens is 350 g/mol. The van der Waals surface area contributed by atoms with E-state index in [1.54, 1.807) is 0 Å². The molecule has 2 aromatic rings. The summed E-state index contributed by atoms with van der Waals surface area (Å²) in [7, 11) is 0. The standard InChI is InChI=1S/C17H19BrClNO/c1-2-14(20)9-13-10-15(7-8-16(13)18)21-11-12-5-3-4-6-17(12)19/h3-8,10,14H,2,9,11,20H2,1H3. The Bertz CT molecular complexity index is 603. The number of rotatable bonds is 6. The zero-order chi connectivity index (χ0) is 15.2. The van der Waals surface area contributed by atoms with Crippen molar-refractivity contribution in [3.05, 3.63) is 63.1 Å². The monoisotopic (exact) mass is 367 g/mol. The molecule has 0 heterocycles. The third-order valence-electron chi connectivity index (χ3n) is 3.38. The predicted molar refractivity (Wildman–Crippen MR) is 91.9 cm³/mol. The molecule has 0 aliphatic rings. The average Bonchev–Trinajstić information content (AvgIpc) is 2.49. The Morgan fingerprint density at radius 2 is 1.95 bits per heavy atom. The number of nitrogens with two attached hydrogens (primary N) is 1. The Kier molecular flexibility index (Phi) is 6.09. The van der Waals surface area contributed by atoms with Gasteiger partial charge in [-0.1, -0.05) is 52.7 Å². The minimum absolute atomic E-state index is 0.167. The highest BCUT2D eigenvalue weighted by atomic mass is 79.9. The Balaban J connectivity index is 2.07. The van der Waals surface area contributed by atoms with E-state index in [2.05, 4.69) is 22.9 Å². The van der Waals surface area contributed by atoms with Crippen molar-refractivity contribution in [2.75, 3.05) is 0 Å². The largest absolute Gasteiger partial charge is 0.489 e. The van der Waals surface area contributed by atoms with Crippen LogP contribution in [-0.2, 0) is 13.0 Å². The minimum Gasteiger partial charge on any atom is -0.489 e. The maximum Gasteiger partial charge on any atom is 0.120 e. The van der Waals surface area contributed by atoms with Crippen LogP contribution >= 0.6 is 27.5 Å². The SMILES string of the molecule is CCC(N)Cc1cc(OCc2ccccc2Cl)ccc1Br. The zero-order valence-corrected chi connectivity index (χ0v) is 14.3. The van der Waals surface area contributed by atoms with Gasteiger partial charge < -0.3 is 10.5 Å². The van der Waals surface area contributed by atoms with E-state index in [1.807, 2.05) is 42.5 Å². The van der Waals surface area contributed by atoms with E-state index in [0.29, 0.717) is 6.61 Å². The van der Waals surface area contributed by atoms with E-state index in [4.69, 9.17) is 22.1 Å². The van der Waals surface area contributed by atoms with Crippen LogP contribution in [0.4, 0.5) is 0 Å². The number of hydrogen-bond donors (Lipinski definition) is 1. The fourth-order valence-corrected chi connectivity index (χ4v) is 2.60. The normalized spacial score (nSPS) is 12.2. The first-order valence-corrected chi connectivity index (χ1v) is 8.17. The van der Waals surface area contributed by atoms with Crippen molar-refractivity contribution in [1.29, 1.82) is 0 Å². The number of hydrogen-bond acceptors (Lipinski definition) is 2. The molecule has 0 saturated heterocycles. The third-order valence-corrected chi connectivity index (χ3v) is 4.52. The van der Waals surface area contributed by atoms with Crippen molar-refractivity contribution >= 4 is 27.5 Å². The number of halogens is 2. The molecule has 2 N–H and O–H groups in total. The van der Waals surface area contributed by atoms with Gasteiger partial charge in [0.1, 0.15) is 12.4 Å². The molecule has 0 aromatic heterocycles. The summed E-state index contributed by atoms with van der Waals surface area (Å²) in [6.07, 6.45) is 1.79. The molecule has 0 aliphatic carbocycles. The van der Waals surface area contributed by atoms with Crippen LogP contribution in [0.15, 0.2) is 46.9 Å². The molecule has 1 unspecified atom stereocenters. The van der Waals surface area contributed by atoms with Crippen molar-refractivity contribution < 1.29 is 4.74 Å². The molecule has 21 heavy (non-hydrogen) atoms. The number of ether oxygens (including phenoxy) is 1. The van der Waals surface area contributed by atoms with Crippen LogP contribution in [0.3, 0.4) is 0 Å². The van der Waals surface area contributed by atoms with Crippen LogP contribution in [0.5, 0.6) is 5.75 Å². The second kappa shape index (κ2) is 7.83. The molecule has 0 fully saturated rings. The minimum atomic E-state index is 0.167. The topological polar surface area (TPSA) is 35.2 Å². The van der Waals surface area contributed by atoms with Gasteiger partial charge in [-0.25, -0.2) is 0 Å². The van der Waals surface area contributed by atoms with E-state index in [-0.39, 0.29) is 6.04 Å². The highest BCUT2D eigenvalue weighted by Gasteiger charge is 2.08. The quantitative estimate of drug-likeness (QED) is 0.782. The van der Waals surface area contributed by atoms with Gasteiger partial charge in [-0.2, -0.15) is 0 Å². The van der Waals surface area contributed by atoms with Crippen molar-refractivity contribution in [2.24, 2.45) is 5.73 Å². The van der Waals surface area contributed by atoms with Gasteiger partial charge in [0.25, 0.3) is 0 Å². The smallest absolute Gasteiger partial charge is 0.120 e. The predicted octanol–water partition coefficient (Wildman–Crippen LogP) is 4.96. The molecule has 0 amide bonds. The van der Waals surface area contributed by atoms with Crippen molar-refractivity contribution in [3.8, 4) is 5.75 Å². The lowest BCUT2D eigenvalue weighted by molar-refractivity contribution is 0.306. The molecule has 112 valence electrons. The first-order valence-electron chi connectivity index (χ1n) is 7.00. The number of benzene rings is 2. The Hall–Kier alpha value is -1.03. The molecule has 0 spiro atoms. The summed E-state index contributed by atoms with van der Waals surface area (Å²) in [4.78, 5) is 0. The van der Waals surface area contributed by atoms with Gasteiger partial charge in [-0.15, -0.1) is 0 Å². The lowest BCUT2D eigenvalue weighted by Crippen LogP contribution is -2.21. The third kappa shape index (κ3) is 4.73. The van der Waals surface area contributed by atoms with Gasteiger partial charge in [0.15, 0.2) is 0 Å². The fraction of sp³-hybridized carbons (Fsp3) is 0.294. The summed E-state index contributed by atoms with van der Waals surface area (Å²) in [5, 5.41) is 0.725. The molecule has 2 nitrogen and oxygen atoms in total. The highest BCUT2D eigenvalue weighted by molar-refractivity contribution is 9.10. The summed E-state index contributed by atoms with van der Waals surface area (Å²) in [5.74, 6) is 0.830. The molecule has 0 saturated carbocycles. The van der Waals surface area contributed by atoms with Gasteiger partial charge in [-0.05, 0) is 42.7 Å². The second-order valence-electron chi connectivity index (χ2n) is 5.01. The van der Waals surface area contributed by atoms with E-state index < -0.39 is 0 Å². The van der Waals surface area contributed by atoms with Crippen molar-refractivity contribution in [1.82, 2.24) is 0 Å². The first kappa shape index (κ1) is 16.3. The lowest BCUT2D eigenvalue weighted by atomic mass is 10.0. The first-order chi connectivity index (χ1) is 10.1. The van der Waals surface area contributed by atoms with Gasteiger partial charge >= 0.3 is 0 Å². The van der Waals surface area contributed by atoms with Crippen LogP contribution in [0.25, 0.3) is 0 Å². The van der Waals surface area contributed by atoms with E-state index >= 15 is 0 Å². The Morgan fingerprint density at radius 1 is 1.19 bits per heavy atom. The summed E-state index contributed by atoms with van der Waals surface area (Å²) < 4.78 is 6.90. The Morgan fingerprint density at radius 3 is 2.67 bits per heavy atom. The van der Waals surface area contributed by atoms with Gasteiger partial charge in [0.2, 0.25) is 0 Å². The maximum atomic E-state index is 6.13. The molecule has 2 rings (SSSR count). The van der Waals surface area contributed by atoms with Gasteiger partial charge in [0, 0.05) is 21.1 Å². The average molecular weight is 369 g/mol. The van der Waals surface area contributed by atoms with Crippen molar-refractivity contribution in [3.63, 3.8) is 0 Å². The molecule has 0 bridgehead atoms. The summed E-state index contributed by atoms with van der Waals surface area (Å²) >= 11 is 9.69. The zero-order valence-electron chi connectivity index (χ0n) is 12.0. The molecule has 1 atom stereocenters. The molecule has 4 heteroatoms. The summed E-state index contributed by atoms with van der Waals surface area (Å²) in [6.45, 7) is 2.55. The van der Waals surface area contributed by atoms with Crippen LogP contribution in [-0.4, -0.2) is 6.04 Å². The fourth-order valence-electron chi connectivity index (χ4n) is 2.00. The van der Waals surface area contributed by atoms with E-state index in [9.17, 15) is 0 Å². The second-order valence-corrected chi connectivity index (χ2v) is 6.27. The van der Waals surface area contributed by atoms with Crippen molar-refractivity contribution in [2.45, 2.75) is 32.4 Å². The molecular formula is C17H19BrClNO.